The van der Waals surface area contributed by atoms with Crippen LogP contribution in [0.5, 0.6) is 0 Å². The van der Waals surface area contributed by atoms with Gasteiger partial charge in [-0.25, -0.2) is 12.8 Å². The Hall–Kier alpha value is -1.25. The van der Waals surface area contributed by atoms with Crippen molar-refractivity contribution in [2.45, 2.75) is 12.5 Å². The standard InChI is InChI=1S/C15H22FN3O2S2/c1-18(2)8-9-19(14-7-10-23(20,21)11-14)15(22)17-13-5-3-12(16)4-6-13/h3-6,14H,7-11H2,1-2H3,(H,17,22)/t14-/m1/s1. The molecule has 0 saturated carbocycles. The number of halogens is 1. The third kappa shape index (κ3) is 5.40. The van der Waals surface area contributed by atoms with E-state index in [1.807, 2.05) is 23.9 Å². The van der Waals surface area contributed by atoms with Gasteiger partial charge in [0.15, 0.2) is 14.9 Å². The molecular formula is C15H22FN3O2S2. The normalized spacial score (nSPS) is 19.7. The van der Waals surface area contributed by atoms with Gasteiger partial charge in [-0.3, -0.25) is 0 Å². The van der Waals surface area contributed by atoms with Gasteiger partial charge in [-0.2, -0.15) is 0 Å². The number of thiocarbonyl (C=S) groups is 1. The lowest BCUT2D eigenvalue weighted by atomic mass is 10.2. The maximum Gasteiger partial charge on any atom is 0.173 e. The highest BCUT2D eigenvalue weighted by Gasteiger charge is 2.33. The number of hydrogen-bond acceptors (Lipinski definition) is 4. The molecule has 8 heteroatoms. The van der Waals surface area contributed by atoms with Gasteiger partial charge in [-0.1, -0.05) is 0 Å². The lowest BCUT2D eigenvalue weighted by molar-refractivity contribution is 0.289. The van der Waals surface area contributed by atoms with E-state index in [1.54, 1.807) is 12.1 Å². The first-order chi connectivity index (χ1) is 10.8. The molecule has 23 heavy (non-hydrogen) atoms. The van der Waals surface area contributed by atoms with Gasteiger partial charge >= 0.3 is 0 Å². The molecule has 128 valence electrons. The largest absolute Gasteiger partial charge is 0.344 e. The Balaban J connectivity index is 2.09. The molecule has 0 spiro atoms. The van der Waals surface area contributed by atoms with Crippen LogP contribution in [-0.4, -0.2) is 68.1 Å². The second-order valence-corrected chi connectivity index (χ2v) is 8.61. The first-order valence-electron chi connectivity index (χ1n) is 7.45. The smallest absolute Gasteiger partial charge is 0.173 e. The van der Waals surface area contributed by atoms with E-state index in [2.05, 4.69) is 5.32 Å². The van der Waals surface area contributed by atoms with Crippen LogP contribution in [0.25, 0.3) is 0 Å². The highest BCUT2D eigenvalue weighted by atomic mass is 32.2. The van der Waals surface area contributed by atoms with Gasteiger partial charge in [0.1, 0.15) is 5.82 Å². The molecule has 5 nitrogen and oxygen atoms in total. The van der Waals surface area contributed by atoms with E-state index in [0.29, 0.717) is 23.8 Å². The van der Waals surface area contributed by atoms with E-state index in [0.717, 1.165) is 6.54 Å². The van der Waals surface area contributed by atoms with Crippen LogP contribution in [0.1, 0.15) is 6.42 Å². The van der Waals surface area contributed by atoms with E-state index >= 15 is 0 Å². The molecule has 0 amide bonds. The quantitative estimate of drug-likeness (QED) is 0.806. The highest BCUT2D eigenvalue weighted by Crippen LogP contribution is 2.19. The number of hydrogen-bond donors (Lipinski definition) is 1. The Labute approximate surface area is 142 Å². The van der Waals surface area contributed by atoms with Crippen molar-refractivity contribution in [3.63, 3.8) is 0 Å². The number of sulfone groups is 1. The monoisotopic (exact) mass is 359 g/mol. The maximum atomic E-state index is 13.0. The molecule has 1 aromatic carbocycles. The predicted octanol–water partition coefficient (Wildman–Crippen LogP) is 1.57. The van der Waals surface area contributed by atoms with Gasteiger partial charge in [0.25, 0.3) is 0 Å². The lowest BCUT2D eigenvalue weighted by Crippen LogP contribution is -2.46. The van der Waals surface area contributed by atoms with Gasteiger partial charge in [0.2, 0.25) is 0 Å². The first kappa shape index (κ1) is 18.1. The Morgan fingerprint density at radius 3 is 2.48 bits per heavy atom. The Kier molecular flexibility index (Phi) is 5.94. The van der Waals surface area contributed by atoms with Crippen LogP contribution in [0.3, 0.4) is 0 Å². The van der Waals surface area contributed by atoms with Crippen molar-refractivity contribution in [3.8, 4) is 0 Å². The van der Waals surface area contributed by atoms with Gasteiger partial charge in [-0.15, -0.1) is 0 Å². The summed E-state index contributed by atoms with van der Waals surface area (Å²) in [7, 11) is 0.933. The van der Waals surface area contributed by atoms with Crippen LogP contribution in [0.4, 0.5) is 10.1 Å². The fraction of sp³-hybridized carbons (Fsp3) is 0.533. The molecule has 1 aromatic rings. The molecule has 2 rings (SSSR count). The van der Waals surface area contributed by atoms with E-state index < -0.39 is 9.84 Å². The van der Waals surface area contributed by atoms with Crippen molar-refractivity contribution < 1.29 is 12.8 Å². The molecule has 1 atom stereocenters. The van der Waals surface area contributed by atoms with Gasteiger partial charge < -0.3 is 15.1 Å². The Morgan fingerprint density at radius 1 is 1.30 bits per heavy atom. The number of benzene rings is 1. The minimum atomic E-state index is -2.98. The molecule has 1 N–H and O–H groups in total. The van der Waals surface area contributed by atoms with Crippen LogP contribution in [0.2, 0.25) is 0 Å². The first-order valence-corrected chi connectivity index (χ1v) is 9.68. The third-order valence-corrected chi connectivity index (χ3v) is 5.88. The van der Waals surface area contributed by atoms with Crippen molar-refractivity contribution in [2.24, 2.45) is 0 Å². The maximum absolute atomic E-state index is 13.0. The van der Waals surface area contributed by atoms with Crippen molar-refractivity contribution >= 4 is 32.9 Å². The SMILES string of the molecule is CN(C)CCN(C(=S)Nc1ccc(F)cc1)[C@@H]1CCS(=O)(=O)C1. The number of nitrogens with zero attached hydrogens (tertiary/aromatic N) is 2. The summed E-state index contributed by atoms with van der Waals surface area (Å²) in [4.78, 5) is 3.96. The van der Waals surface area contributed by atoms with Crippen molar-refractivity contribution in [1.29, 1.82) is 0 Å². The fourth-order valence-corrected chi connectivity index (χ4v) is 4.60. The number of nitrogens with one attached hydrogen (secondary N) is 1. The van der Waals surface area contributed by atoms with Crippen molar-refractivity contribution in [1.82, 2.24) is 9.80 Å². The second kappa shape index (κ2) is 7.55. The average molecular weight is 359 g/mol. The Bertz CT molecular complexity index is 647. The van der Waals surface area contributed by atoms with E-state index in [-0.39, 0.29) is 23.4 Å². The third-order valence-electron chi connectivity index (χ3n) is 3.79. The summed E-state index contributed by atoms with van der Waals surface area (Å²) >= 11 is 5.46. The van der Waals surface area contributed by atoms with E-state index in [1.165, 1.54) is 12.1 Å². The van der Waals surface area contributed by atoms with Crippen LogP contribution >= 0.6 is 12.2 Å². The second-order valence-electron chi connectivity index (χ2n) is 5.99. The summed E-state index contributed by atoms with van der Waals surface area (Å²) < 4.78 is 36.5. The minimum absolute atomic E-state index is 0.111. The van der Waals surface area contributed by atoms with Crippen LogP contribution in [0, 0.1) is 5.82 Å². The summed E-state index contributed by atoms with van der Waals surface area (Å²) in [6.45, 7) is 1.40. The lowest BCUT2D eigenvalue weighted by Gasteiger charge is -2.32. The van der Waals surface area contributed by atoms with Crippen LogP contribution in [0.15, 0.2) is 24.3 Å². The van der Waals surface area contributed by atoms with Gasteiger partial charge in [-0.05, 0) is 57.0 Å². The molecule has 1 aliphatic rings. The molecule has 1 saturated heterocycles. The van der Waals surface area contributed by atoms with Gasteiger partial charge in [0, 0.05) is 24.8 Å². The summed E-state index contributed by atoms with van der Waals surface area (Å²) in [5.74, 6) is 0.0221. The Morgan fingerprint density at radius 2 is 1.96 bits per heavy atom. The predicted molar refractivity (Wildman–Crippen MR) is 94.9 cm³/mol. The molecule has 0 aromatic heterocycles. The zero-order chi connectivity index (χ0) is 17.0. The topological polar surface area (TPSA) is 52.6 Å². The molecule has 1 aliphatic heterocycles. The summed E-state index contributed by atoms with van der Waals surface area (Å²) in [5.41, 5.74) is 0.687. The minimum Gasteiger partial charge on any atom is -0.344 e. The summed E-state index contributed by atoms with van der Waals surface area (Å²) in [6.07, 6.45) is 0.584. The molecule has 0 aliphatic carbocycles. The van der Waals surface area contributed by atoms with E-state index in [4.69, 9.17) is 12.2 Å². The zero-order valence-electron chi connectivity index (χ0n) is 13.3. The molecule has 0 unspecified atom stereocenters. The van der Waals surface area contributed by atoms with Crippen molar-refractivity contribution in [3.05, 3.63) is 30.1 Å². The highest BCUT2D eigenvalue weighted by molar-refractivity contribution is 7.91. The molecule has 0 bridgehead atoms. The number of anilines is 1. The summed E-state index contributed by atoms with van der Waals surface area (Å²) in [5, 5.41) is 3.55. The van der Waals surface area contributed by atoms with Crippen LogP contribution in [-0.2, 0) is 9.84 Å². The average Bonchev–Trinajstić information content (AvgIpc) is 2.81. The fourth-order valence-electron chi connectivity index (χ4n) is 2.51. The van der Waals surface area contributed by atoms with Crippen molar-refractivity contribution in [2.75, 3.05) is 44.0 Å². The van der Waals surface area contributed by atoms with E-state index in [9.17, 15) is 12.8 Å². The molecular weight excluding hydrogens is 337 g/mol. The number of likely N-dealkylation sites (N-methyl/N-ethyl adjacent to an activating group) is 1. The summed E-state index contributed by atoms with van der Waals surface area (Å²) in [6, 6.07) is 5.82. The molecule has 1 fully saturated rings. The van der Waals surface area contributed by atoms with Gasteiger partial charge in [0.05, 0.1) is 11.5 Å². The molecule has 1 heterocycles. The zero-order valence-corrected chi connectivity index (χ0v) is 15.0. The molecule has 0 radical (unpaired) electrons. The number of rotatable bonds is 5. The van der Waals surface area contributed by atoms with Crippen LogP contribution < -0.4 is 5.32 Å².